The molecule has 1 unspecified atom stereocenters. The van der Waals surface area contributed by atoms with Gasteiger partial charge in [-0.1, -0.05) is 106 Å². The largest absolute Gasteiger partial charge is 0.0654 e. The zero-order valence-electron chi connectivity index (χ0n) is 18.3. The minimum Gasteiger partial charge on any atom is -0.0654 e. The SMILES string of the molecule is CCCCCC(CCCCC)(CC(CC)CC)CC(CC)[C](C)C. The molecule has 0 aliphatic rings. The molecule has 0 aliphatic carbocycles. The predicted octanol–water partition coefficient (Wildman–Crippen LogP) is 8.99. The minimum absolute atomic E-state index is 0.610. The van der Waals surface area contributed by atoms with Crippen LogP contribution < -0.4 is 0 Å². The fourth-order valence-electron chi connectivity index (χ4n) is 4.59. The Hall–Kier alpha value is 0. The van der Waals surface area contributed by atoms with Gasteiger partial charge in [0.25, 0.3) is 0 Å². The van der Waals surface area contributed by atoms with Crippen molar-refractivity contribution < 1.29 is 0 Å². The average Bonchev–Trinajstić information content (AvgIpc) is 2.57. The fourth-order valence-corrected chi connectivity index (χ4v) is 4.59. The molecule has 0 heterocycles. The van der Waals surface area contributed by atoms with Gasteiger partial charge in [0.1, 0.15) is 0 Å². The van der Waals surface area contributed by atoms with Gasteiger partial charge in [0.05, 0.1) is 0 Å². The van der Waals surface area contributed by atoms with Crippen LogP contribution >= 0.6 is 0 Å². The van der Waals surface area contributed by atoms with E-state index in [9.17, 15) is 0 Å². The number of hydrogen-bond donors (Lipinski definition) is 0. The second-order valence-corrected chi connectivity index (χ2v) is 8.69. The summed E-state index contributed by atoms with van der Waals surface area (Å²) < 4.78 is 0. The minimum atomic E-state index is 0.610. The Morgan fingerprint density at radius 3 is 1.50 bits per heavy atom. The quantitative estimate of drug-likeness (QED) is 0.246. The van der Waals surface area contributed by atoms with Crippen LogP contribution in [0.1, 0.15) is 132 Å². The molecule has 1 radical (unpaired) electrons. The van der Waals surface area contributed by atoms with Crippen molar-refractivity contribution in [2.75, 3.05) is 0 Å². The third-order valence-electron chi connectivity index (χ3n) is 6.49. The molecular formula is C24H49. The van der Waals surface area contributed by atoms with Gasteiger partial charge in [0.2, 0.25) is 0 Å². The highest BCUT2D eigenvalue weighted by atomic mass is 14.4. The molecule has 0 heteroatoms. The van der Waals surface area contributed by atoms with E-state index in [1.807, 2.05) is 0 Å². The van der Waals surface area contributed by atoms with Crippen molar-refractivity contribution in [3.63, 3.8) is 0 Å². The monoisotopic (exact) mass is 337 g/mol. The Labute approximate surface area is 155 Å². The third-order valence-corrected chi connectivity index (χ3v) is 6.49. The Kier molecular flexibility index (Phi) is 14.2. The van der Waals surface area contributed by atoms with Crippen LogP contribution in [-0.2, 0) is 0 Å². The van der Waals surface area contributed by atoms with Crippen LogP contribution in [0.3, 0.4) is 0 Å². The molecule has 0 aromatic carbocycles. The molecule has 0 saturated heterocycles. The summed E-state index contributed by atoms with van der Waals surface area (Å²) in [6.45, 7) is 16.6. The highest BCUT2D eigenvalue weighted by Crippen LogP contribution is 2.46. The maximum Gasteiger partial charge on any atom is -0.0272 e. The van der Waals surface area contributed by atoms with Crippen molar-refractivity contribution in [1.82, 2.24) is 0 Å². The lowest BCUT2D eigenvalue weighted by atomic mass is 9.64. The summed E-state index contributed by atoms with van der Waals surface area (Å²) >= 11 is 0. The topological polar surface area (TPSA) is 0 Å². The van der Waals surface area contributed by atoms with E-state index in [4.69, 9.17) is 0 Å². The summed E-state index contributed by atoms with van der Waals surface area (Å²) in [5.74, 6) is 3.43. The molecular weight excluding hydrogens is 288 g/mol. The van der Waals surface area contributed by atoms with Gasteiger partial charge in [0, 0.05) is 0 Å². The molecule has 1 atom stereocenters. The first-order valence-electron chi connectivity index (χ1n) is 11.3. The van der Waals surface area contributed by atoms with E-state index in [0.717, 1.165) is 11.8 Å². The molecule has 24 heavy (non-hydrogen) atoms. The lowest BCUT2D eigenvalue weighted by molar-refractivity contribution is 0.122. The first kappa shape index (κ1) is 24.0. The zero-order chi connectivity index (χ0) is 18.4. The highest BCUT2D eigenvalue weighted by molar-refractivity contribution is 4.93. The van der Waals surface area contributed by atoms with Gasteiger partial charge in [-0.15, -0.1) is 0 Å². The Bertz CT molecular complexity index is 251. The van der Waals surface area contributed by atoms with Crippen LogP contribution in [0.4, 0.5) is 0 Å². The molecule has 0 bridgehead atoms. The molecule has 0 aliphatic heterocycles. The summed E-state index contributed by atoms with van der Waals surface area (Å²) in [6.07, 6.45) is 18.4. The van der Waals surface area contributed by atoms with Crippen molar-refractivity contribution in [3.05, 3.63) is 5.92 Å². The molecule has 0 fully saturated rings. The van der Waals surface area contributed by atoms with E-state index < -0.39 is 0 Å². The second-order valence-electron chi connectivity index (χ2n) is 8.69. The van der Waals surface area contributed by atoms with Gasteiger partial charge in [-0.05, 0) is 48.9 Å². The van der Waals surface area contributed by atoms with E-state index in [1.54, 1.807) is 5.92 Å². The van der Waals surface area contributed by atoms with Crippen LogP contribution in [0.25, 0.3) is 0 Å². The summed E-state index contributed by atoms with van der Waals surface area (Å²) in [6, 6.07) is 0. The Balaban J connectivity index is 5.27. The van der Waals surface area contributed by atoms with Gasteiger partial charge >= 0.3 is 0 Å². The van der Waals surface area contributed by atoms with E-state index >= 15 is 0 Å². The van der Waals surface area contributed by atoms with E-state index in [-0.39, 0.29) is 0 Å². The number of hydrogen-bond acceptors (Lipinski definition) is 0. The summed E-state index contributed by atoms with van der Waals surface area (Å²) in [5.41, 5.74) is 0.610. The molecule has 0 rings (SSSR count). The second kappa shape index (κ2) is 14.2. The van der Waals surface area contributed by atoms with Gasteiger partial charge in [0.15, 0.2) is 0 Å². The first-order chi connectivity index (χ1) is 11.5. The van der Waals surface area contributed by atoms with Gasteiger partial charge < -0.3 is 0 Å². The summed E-state index contributed by atoms with van der Waals surface area (Å²) in [5, 5.41) is 0. The molecule has 0 aromatic heterocycles. The molecule has 0 saturated carbocycles. The lowest BCUT2D eigenvalue weighted by Gasteiger charge is -2.41. The van der Waals surface area contributed by atoms with Crippen LogP contribution in [0.2, 0.25) is 0 Å². The predicted molar refractivity (Wildman–Crippen MR) is 112 cm³/mol. The average molecular weight is 338 g/mol. The van der Waals surface area contributed by atoms with Crippen LogP contribution in [-0.4, -0.2) is 0 Å². The van der Waals surface area contributed by atoms with Crippen molar-refractivity contribution in [2.45, 2.75) is 132 Å². The Morgan fingerprint density at radius 2 is 1.17 bits per heavy atom. The molecule has 0 spiro atoms. The van der Waals surface area contributed by atoms with Crippen LogP contribution in [0.5, 0.6) is 0 Å². The normalized spacial score (nSPS) is 13.9. The van der Waals surface area contributed by atoms with Crippen LogP contribution in [0.15, 0.2) is 0 Å². The van der Waals surface area contributed by atoms with Gasteiger partial charge in [-0.25, -0.2) is 0 Å². The fraction of sp³-hybridized carbons (Fsp3) is 0.958. The van der Waals surface area contributed by atoms with Crippen molar-refractivity contribution in [3.8, 4) is 0 Å². The standard InChI is InChI=1S/C24H49/c1-8-13-15-17-24(18-16-14-9-2,19-22(10-3)11-4)20-23(12-5)21(6)7/h22-23H,8-20H2,1-7H3. The van der Waals surface area contributed by atoms with Crippen molar-refractivity contribution in [1.29, 1.82) is 0 Å². The molecule has 145 valence electrons. The maximum atomic E-state index is 2.41. The van der Waals surface area contributed by atoms with E-state index in [0.29, 0.717) is 5.41 Å². The number of rotatable bonds is 16. The lowest BCUT2D eigenvalue weighted by Crippen LogP contribution is -2.29. The van der Waals surface area contributed by atoms with Crippen LogP contribution in [0, 0.1) is 23.2 Å². The van der Waals surface area contributed by atoms with E-state index in [2.05, 4.69) is 48.5 Å². The summed E-state index contributed by atoms with van der Waals surface area (Å²) in [4.78, 5) is 0. The molecule has 0 amide bonds. The van der Waals surface area contributed by atoms with E-state index in [1.165, 1.54) is 83.5 Å². The van der Waals surface area contributed by atoms with Crippen molar-refractivity contribution in [2.24, 2.45) is 17.3 Å². The smallest absolute Gasteiger partial charge is 0.0272 e. The highest BCUT2D eigenvalue weighted by Gasteiger charge is 2.34. The maximum absolute atomic E-state index is 2.41. The zero-order valence-corrected chi connectivity index (χ0v) is 18.3. The van der Waals surface area contributed by atoms with Gasteiger partial charge in [-0.2, -0.15) is 0 Å². The summed E-state index contributed by atoms with van der Waals surface area (Å²) in [7, 11) is 0. The van der Waals surface area contributed by atoms with Gasteiger partial charge in [-0.3, -0.25) is 0 Å². The van der Waals surface area contributed by atoms with Crippen molar-refractivity contribution >= 4 is 0 Å². The molecule has 0 N–H and O–H groups in total. The first-order valence-corrected chi connectivity index (χ1v) is 11.3. The molecule has 0 nitrogen and oxygen atoms in total. The molecule has 0 aromatic rings. The third kappa shape index (κ3) is 9.47. The Morgan fingerprint density at radius 1 is 0.667 bits per heavy atom. The number of unbranched alkanes of at least 4 members (excludes halogenated alkanes) is 4.